The summed E-state index contributed by atoms with van der Waals surface area (Å²) in [5.74, 6) is 0.870. The van der Waals surface area contributed by atoms with Crippen LogP contribution in [-0.2, 0) is 11.2 Å². The van der Waals surface area contributed by atoms with E-state index in [0.717, 1.165) is 17.7 Å². The van der Waals surface area contributed by atoms with Gasteiger partial charge in [-0.25, -0.2) is 4.98 Å². The summed E-state index contributed by atoms with van der Waals surface area (Å²) in [6.07, 6.45) is 2.86. The van der Waals surface area contributed by atoms with Crippen LogP contribution in [0.3, 0.4) is 0 Å². The van der Waals surface area contributed by atoms with Gasteiger partial charge < -0.3 is 16.4 Å². The number of carbonyl (C=O) groups excluding carboxylic acids is 1. The van der Waals surface area contributed by atoms with E-state index in [0.29, 0.717) is 18.8 Å². The van der Waals surface area contributed by atoms with Gasteiger partial charge in [-0.05, 0) is 18.6 Å². The first-order chi connectivity index (χ1) is 10.2. The van der Waals surface area contributed by atoms with Crippen molar-refractivity contribution >= 4 is 23.4 Å². The van der Waals surface area contributed by atoms with Crippen LogP contribution in [0.15, 0.2) is 36.5 Å². The average molecular weight is 285 g/mol. The van der Waals surface area contributed by atoms with Gasteiger partial charge >= 0.3 is 0 Å². The number of anilines is 3. The Bertz CT molecular complexity index is 600. The van der Waals surface area contributed by atoms with Gasteiger partial charge in [0.2, 0.25) is 11.9 Å². The lowest BCUT2D eigenvalue weighted by molar-refractivity contribution is -0.115. The van der Waals surface area contributed by atoms with E-state index in [1.807, 2.05) is 37.3 Å². The van der Waals surface area contributed by atoms with E-state index < -0.39 is 0 Å². The first-order valence-electron chi connectivity index (χ1n) is 6.89. The molecule has 4 N–H and O–H groups in total. The maximum Gasteiger partial charge on any atom is 0.226 e. The summed E-state index contributed by atoms with van der Waals surface area (Å²) in [4.78, 5) is 19.9. The van der Waals surface area contributed by atoms with Crippen LogP contribution in [0, 0.1) is 0 Å². The zero-order valence-electron chi connectivity index (χ0n) is 12.0. The topological polar surface area (TPSA) is 92.9 Å². The molecule has 1 aromatic heterocycles. The van der Waals surface area contributed by atoms with Crippen LogP contribution in [0.5, 0.6) is 0 Å². The van der Waals surface area contributed by atoms with Crippen molar-refractivity contribution in [3.05, 3.63) is 42.1 Å². The van der Waals surface area contributed by atoms with Crippen LogP contribution >= 0.6 is 0 Å². The Hall–Kier alpha value is -2.63. The fraction of sp³-hybridized carbons (Fsp3) is 0.267. The Kier molecular flexibility index (Phi) is 5.09. The van der Waals surface area contributed by atoms with E-state index >= 15 is 0 Å². The zero-order valence-corrected chi connectivity index (χ0v) is 12.0. The predicted molar refractivity (Wildman–Crippen MR) is 84.0 cm³/mol. The first kappa shape index (κ1) is 14.8. The van der Waals surface area contributed by atoms with Crippen molar-refractivity contribution in [2.45, 2.75) is 19.8 Å². The molecule has 0 radical (unpaired) electrons. The highest BCUT2D eigenvalue weighted by atomic mass is 16.1. The van der Waals surface area contributed by atoms with Gasteiger partial charge in [-0.1, -0.05) is 25.1 Å². The molecule has 0 saturated heterocycles. The molecule has 0 spiro atoms. The SMILES string of the molecule is CCc1cnc(N)nc1NCCC(=O)Nc1ccccc1. The molecular weight excluding hydrogens is 266 g/mol. The fourth-order valence-electron chi connectivity index (χ4n) is 1.87. The van der Waals surface area contributed by atoms with Crippen LogP contribution in [-0.4, -0.2) is 22.4 Å². The Labute approximate surface area is 123 Å². The minimum atomic E-state index is -0.0474. The summed E-state index contributed by atoms with van der Waals surface area (Å²) in [6, 6.07) is 9.37. The number of amides is 1. The number of para-hydroxylation sites is 1. The van der Waals surface area contributed by atoms with E-state index in [4.69, 9.17) is 5.73 Å². The number of carbonyl (C=O) groups is 1. The third-order valence-electron chi connectivity index (χ3n) is 2.97. The van der Waals surface area contributed by atoms with Gasteiger partial charge in [0, 0.05) is 30.4 Å². The van der Waals surface area contributed by atoms with Gasteiger partial charge in [-0.3, -0.25) is 4.79 Å². The van der Waals surface area contributed by atoms with Crippen molar-refractivity contribution in [3.8, 4) is 0 Å². The summed E-state index contributed by atoms with van der Waals surface area (Å²) >= 11 is 0. The lowest BCUT2D eigenvalue weighted by atomic mass is 10.2. The van der Waals surface area contributed by atoms with E-state index in [1.54, 1.807) is 6.20 Å². The Morgan fingerprint density at radius 2 is 2.05 bits per heavy atom. The Morgan fingerprint density at radius 1 is 1.29 bits per heavy atom. The molecular formula is C15H19N5O. The number of nitrogens with two attached hydrogens (primary N) is 1. The van der Waals surface area contributed by atoms with Gasteiger partial charge in [0.05, 0.1) is 0 Å². The number of benzene rings is 1. The largest absolute Gasteiger partial charge is 0.369 e. The Morgan fingerprint density at radius 3 is 2.76 bits per heavy atom. The van der Waals surface area contributed by atoms with Crippen LogP contribution in [0.2, 0.25) is 0 Å². The van der Waals surface area contributed by atoms with Gasteiger partial charge in [-0.2, -0.15) is 4.98 Å². The van der Waals surface area contributed by atoms with Crippen molar-refractivity contribution in [2.24, 2.45) is 0 Å². The summed E-state index contributed by atoms with van der Waals surface area (Å²) in [6.45, 7) is 2.50. The van der Waals surface area contributed by atoms with E-state index in [-0.39, 0.29) is 11.9 Å². The van der Waals surface area contributed by atoms with Gasteiger partial charge in [0.15, 0.2) is 0 Å². The molecule has 1 heterocycles. The van der Waals surface area contributed by atoms with Crippen LogP contribution in [0.1, 0.15) is 18.9 Å². The molecule has 0 saturated carbocycles. The van der Waals surface area contributed by atoms with Crippen LogP contribution < -0.4 is 16.4 Å². The van der Waals surface area contributed by atoms with Crippen LogP contribution in [0.4, 0.5) is 17.5 Å². The molecule has 0 aliphatic carbocycles. The molecule has 1 amide bonds. The second kappa shape index (κ2) is 7.23. The summed E-state index contributed by atoms with van der Waals surface area (Å²) in [5.41, 5.74) is 7.35. The van der Waals surface area contributed by atoms with Gasteiger partial charge in [0.1, 0.15) is 5.82 Å². The van der Waals surface area contributed by atoms with Crippen molar-refractivity contribution in [1.29, 1.82) is 0 Å². The van der Waals surface area contributed by atoms with Gasteiger partial charge in [-0.15, -0.1) is 0 Å². The highest BCUT2D eigenvalue weighted by Gasteiger charge is 2.06. The summed E-state index contributed by atoms with van der Waals surface area (Å²) in [5, 5.41) is 5.96. The highest BCUT2D eigenvalue weighted by Crippen LogP contribution is 2.13. The van der Waals surface area contributed by atoms with Crippen molar-refractivity contribution in [1.82, 2.24) is 9.97 Å². The third-order valence-corrected chi connectivity index (χ3v) is 2.97. The second-order valence-corrected chi connectivity index (χ2v) is 4.55. The molecule has 0 unspecified atom stereocenters. The minimum absolute atomic E-state index is 0.0474. The standard InChI is InChI=1S/C15H19N5O/c1-2-11-10-18-15(16)20-14(11)17-9-8-13(21)19-12-6-4-3-5-7-12/h3-7,10H,2,8-9H2,1H3,(H,19,21)(H3,16,17,18,20). The maximum atomic E-state index is 11.8. The van der Waals surface area contributed by atoms with Crippen molar-refractivity contribution in [3.63, 3.8) is 0 Å². The normalized spacial score (nSPS) is 10.1. The quantitative estimate of drug-likeness (QED) is 0.755. The average Bonchev–Trinajstić information content (AvgIpc) is 2.48. The molecule has 1 aromatic carbocycles. The summed E-state index contributed by atoms with van der Waals surface area (Å²) < 4.78 is 0. The zero-order chi connectivity index (χ0) is 15.1. The maximum absolute atomic E-state index is 11.8. The molecule has 0 aliphatic rings. The van der Waals surface area contributed by atoms with Crippen molar-refractivity contribution in [2.75, 3.05) is 22.9 Å². The molecule has 21 heavy (non-hydrogen) atoms. The number of rotatable bonds is 6. The molecule has 2 aromatic rings. The molecule has 0 aliphatic heterocycles. The lowest BCUT2D eigenvalue weighted by Gasteiger charge is -2.10. The lowest BCUT2D eigenvalue weighted by Crippen LogP contribution is -2.17. The first-order valence-corrected chi connectivity index (χ1v) is 6.89. The molecule has 0 bridgehead atoms. The monoisotopic (exact) mass is 285 g/mol. The van der Waals surface area contributed by atoms with E-state index in [9.17, 15) is 4.79 Å². The number of aromatic nitrogens is 2. The molecule has 0 fully saturated rings. The van der Waals surface area contributed by atoms with Gasteiger partial charge in [0.25, 0.3) is 0 Å². The molecule has 6 heteroatoms. The molecule has 6 nitrogen and oxygen atoms in total. The fourth-order valence-corrected chi connectivity index (χ4v) is 1.87. The second-order valence-electron chi connectivity index (χ2n) is 4.55. The molecule has 2 rings (SSSR count). The van der Waals surface area contributed by atoms with Crippen LogP contribution in [0.25, 0.3) is 0 Å². The molecule has 110 valence electrons. The van der Waals surface area contributed by atoms with E-state index in [2.05, 4.69) is 20.6 Å². The summed E-state index contributed by atoms with van der Waals surface area (Å²) in [7, 11) is 0. The van der Waals surface area contributed by atoms with Crippen molar-refractivity contribution < 1.29 is 4.79 Å². The Balaban J connectivity index is 1.84. The highest BCUT2D eigenvalue weighted by molar-refractivity contribution is 5.90. The predicted octanol–water partition coefficient (Wildman–Crippen LogP) is 2.06. The third kappa shape index (κ3) is 4.45. The number of nitrogen functional groups attached to an aromatic ring is 1. The number of aryl methyl sites for hydroxylation is 1. The number of hydrogen-bond acceptors (Lipinski definition) is 5. The smallest absolute Gasteiger partial charge is 0.226 e. The van der Waals surface area contributed by atoms with E-state index in [1.165, 1.54) is 0 Å². The number of nitrogens with zero attached hydrogens (tertiary/aromatic N) is 2. The minimum Gasteiger partial charge on any atom is -0.369 e. The number of hydrogen-bond donors (Lipinski definition) is 3. The molecule has 0 atom stereocenters. The number of nitrogens with one attached hydrogen (secondary N) is 2.